The zero-order valence-electron chi connectivity index (χ0n) is 13.0. The predicted molar refractivity (Wildman–Crippen MR) is 95.6 cm³/mol. The molecule has 0 spiro atoms. The molecule has 4 nitrogen and oxygen atoms in total. The van der Waals surface area contributed by atoms with Crippen molar-refractivity contribution in [3.63, 3.8) is 0 Å². The summed E-state index contributed by atoms with van der Waals surface area (Å²) in [4.78, 5) is 16.4. The molecule has 0 saturated heterocycles. The molecule has 0 unspecified atom stereocenters. The van der Waals surface area contributed by atoms with Crippen molar-refractivity contribution in [1.82, 2.24) is 4.98 Å². The van der Waals surface area contributed by atoms with Gasteiger partial charge in [-0.3, -0.25) is 4.79 Å². The molecule has 120 valence electrons. The number of anilines is 1. The van der Waals surface area contributed by atoms with Gasteiger partial charge in [0, 0.05) is 10.9 Å². The number of nitrogens with zero attached hydrogens (tertiary/aromatic N) is 1. The van der Waals surface area contributed by atoms with Crippen molar-refractivity contribution in [2.75, 3.05) is 5.32 Å². The summed E-state index contributed by atoms with van der Waals surface area (Å²) in [7, 11) is 0. The van der Waals surface area contributed by atoms with Crippen LogP contribution in [0, 0.1) is 5.92 Å². The van der Waals surface area contributed by atoms with Crippen LogP contribution in [0.5, 0.6) is 0 Å². The molecular weight excluding hydrogens is 318 g/mol. The van der Waals surface area contributed by atoms with Crippen LogP contribution in [-0.2, 0) is 11.2 Å². The summed E-state index contributed by atoms with van der Waals surface area (Å²) in [6.07, 6.45) is 1.02. The number of carbonyl (C=O) groups excluding carboxylic acids is 1. The number of thiazole rings is 1. The number of halogens is 1. The van der Waals surface area contributed by atoms with Crippen molar-refractivity contribution in [2.24, 2.45) is 11.7 Å². The first-order valence-corrected chi connectivity index (χ1v) is 8.00. The number of nitrogens with one attached hydrogen (secondary N) is 1. The maximum Gasteiger partial charge on any atom is 0.243 e. The third-order valence-corrected chi connectivity index (χ3v) is 4.17. The number of rotatable bonds is 5. The summed E-state index contributed by atoms with van der Waals surface area (Å²) in [5.41, 5.74) is 9.04. The number of nitrogens with two attached hydrogens (primary N) is 1. The lowest BCUT2D eigenvalue weighted by atomic mass is 10.1. The van der Waals surface area contributed by atoms with Gasteiger partial charge in [0.1, 0.15) is 0 Å². The lowest BCUT2D eigenvalue weighted by Crippen LogP contribution is -2.39. The van der Waals surface area contributed by atoms with E-state index < -0.39 is 6.04 Å². The Kier molecular flexibility index (Phi) is 7.00. The van der Waals surface area contributed by atoms with Crippen molar-refractivity contribution in [1.29, 1.82) is 0 Å². The normalized spacial score (nSPS) is 11.9. The molecule has 0 radical (unpaired) electrons. The second-order valence-electron chi connectivity index (χ2n) is 5.35. The van der Waals surface area contributed by atoms with Crippen molar-refractivity contribution < 1.29 is 4.79 Å². The fourth-order valence-corrected chi connectivity index (χ4v) is 2.59. The van der Waals surface area contributed by atoms with E-state index in [2.05, 4.69) is 41.5 Å². The molecular formula is C16H22ClN3OS. The standard InChI is InChI=1S/C16H21N3OS.ClH/c1-4-11-5-7-12(8-6-11)13-9-21-16(18-13)19-15(20)14(17)10(2)3;/h5-10,14H,4,17H2,1-3H3,(H,18,19,20);1H/t14-;/m0./s1. The summed E-state index contributed by atoms with van der Waals surface area (Å²) in [5, 5.41) is 5.31. The van der Waals surface area contributed by atoms with E-state index in [4.69, 9.17) is 5.73 Å². The van der Waals surface area contributed by atoms with Crippen molar-refractivity contribution in [3.05, 3.63) is 35.2 Å². The van der Waals surface area contributed by atoms with Gasteiger partial charge in [0.2, 0.25) is 5.91 Å². The molecule has 22 heavy (non-hydrogen) atoms. The molecule has 2 aromatic rings. The summed E-state index contributed by atoms with van der Waals surface area (Å²) in [6.45, 7) is 5.98. The van der Waals surface area contributed by atoms with Gasteiger partial charge in [0.15, 0.2) is 5.13 Å². The van der Waals surface area contributed by atoms with Crippen LogP contribution in [0.4, 0.5) is 5.13 Å². The molecule has 2 rings (SSSR count). The maximum absolute atomic E-state index is 11.9. The van der Waals surface area contributed by atoms with E-state index in [-0.39, 0.29) is 24.2 Å². The lowest BCUT2D eigenvalue weighted by Gasteiger charge is -2.13. The van der Waals surface area contributed by atoms with Crippen molar-refractivity contribution >= 4 is 34.8 Å². The molecule has 0 saturated carbocycles. The van der Waals surface area contributed by atoms with Crippen LogP contribution in [0.25, 0.3) is 11.3 Å². The van der Waals surface area contributed by atoms with Gasteiger partial charge in [-0.05, 0) is 17.9 Å². The minimum Gasteiger partial charge on any atom is -0.320 e. The molecule has 0 aliphatic carbocycles. The van der Waals surface area contributed by atoms with Gasteiger partial charge in [-0.1, -0.05) is 45.0 Å². The highest BCUT2D eigenvalue weighted by molar-refractivity contribution is 7.14. The number of aryl methyl sites for hydroxylation is 1. The van der Waals surface area contributed by atoms with E-state index in [0.717, 1.165) is 17.7 Å². The molecule has 0 aliphatic heterocycles. The number of benzene rings is 1. The number of hydrogen-bond acceptors (Lipinski definition) is 4. The Morgan fingerprint density at radius 1 is 1.32 bits per heavy atom. The van der Waals surface area contributed by atoms with Crippen LogP contribution in [0.15, 0.2) is 29.6 Å². The Hall–Kier alpha value is -1.43. The highest BCUT2D eigenvalue weighted by Crippen LogP contribution is 2.25. The van der Waals surface area contributed by atoms with Crippen LogP contribution >= 0.6 is 23.7 Å². The van der Waals surface area contributed by atoms with Crippen molar-refractivity contribution in [3.8, 4) is 11.3 Å². The molecule has 0 fully saturated rings. The highest BCUT2D eigenvalue weighted by Gasteiger charge is 2.18. The summed E-state index contributed by atoms with van der Waals surface area (Å²) in [5.74, 6) is -0.0850. The van der Waals surface area contributed by atoms with E-state index in [0.29, 0.717) is 5.13 Å². The third kappa shape index (κ3) is 4.53. The Morgan fingerprint density at radius 3 is 2.50 bits per heavy atom. The fraction of sp³-hybridized carbons (Fsp3) is 0.375. The molecule has 0 aliphatic rings. The smallest absolute Gasteiger partial charge is 0.243 e. The predicted octanol–water partition coefficient (Wildman–Crippen LogP) is 3.72. The molecule has 3 N–H and O–H groups in total. The number of aromatic nitrogens is 1. The van der Waals surface area contributed by atoms with Gasteiger partial charge >= 0.3 is 0 Å². The topological polar surface area (TPSA) is 68.0 Å². The van der Waals surface area contributed by atoms with Gasteiger partial charge in [0.25, 0.3) is 0 Å². The van der Waals surface area contributed by atoms with Gasteiger partial charge in [0.05, 0.1) is 11.7 Å². The molecule has 6 heteroatoms. The van der Waals surface area contributed by atoms with E-state index in [1.807, 2.05) is 19.2 Å². The zero-order valence-corrected chi connectivity index (χ0v) is 14.6. The summed E-state index contributed by atoms with van der Waals surface area (Å²) >= 11 is 1.41. The van der Waals surface area contributed by atoms with Gasteiger partial charge in [-0.25, -0.2) is 4.98 Å². The second-order valence-corrected chi connectivity index (χ2v) is 6.21. The first-order chi connectivity index (χ1) is 10.0. The summed E-state index contributed by atoms with van der Waals surface area (Å²) in [6, 6.07) is 7.79. The van der Waals surface area contributed by atoms with E-state index in [1.54, 1.807) is 0 Å². The average molecular weight is 340 g/mol. The van der Waals surface area contributed by atoms with Crippen LogP contribution in [0.2, 0.25) is 0 Å². The molecule has 1 aromatic heterocycles. The van der Waals surface area contributed by atoms with Gasteiger partial charge in [-0.15, -0.1) is 23.7 Å². The van der Waals surface area contributed by atoms with Crippen LogP contribution in [0.3, 0.4) is 0 Å². The average Bonchev–Trinajstić information content (AvgIpc) is 2.94. The first kappa shape index (κ1) is 18.6. The number of amides is 1. The largest absolute Gasteiger partial charge is 0.320 e. The number of hydrogen-bond donors (Lipinski definition) is 2. The third-order valence-electron chi connectivity index (χ3n) is 3.41. The Balaban J connectivity index is 0.00000242. The quantitative estimate of drug-likeness (QED) is 0.872. The van der Waals surface area contributed by atoms with E-state index >= 15 is 0 Å². The number of carbonyl (C=O) groups is 1. The molecule has 0 bridgehead atoms. The zero-order chi connectivity index (χ0) is 15.4. The van der Waals surface area contributed by atoms with Crippen LogP contribution < -0.4 is 11.1 Å². The van der Waals surface area contributed by atoms with Gasteiger partial charge in [-0.2, -0.15) is 0 Å². The minimum absolute atomic E-state index is 0. The Labute approximate surface area is 141 Å². The SMILES string of the molecule is CCc1ccc(-c2csc(NC(=O)[C@@H](N)C(C)C)n2)cc1.Cl. The molecule has 1 aromatic carbocycles. The fourth-order valence-electron chi connectivity index (χ4n) is 1.87. The highest BCUT2D eigenvalue weighted by atomic mass is 35.5. The van der Waals surface area contributed by atoms with Gasteiger partial charge < -0.3 is 11.1 Å². The maximum atomic E-state index is 11.9. The molecule has 1 heterocycles. The molecule has 1 atom stereocenters. The Morgan fingerprint density at radius 2 is 1.95 bits per heavy atom. The van der Waals surface area contributed by atoms with Crippen LogP contribution in [0.1, 0.15) is 26.3 Å². The van der Waals surface area contributed by atoms with Crippen molar-refractivity contribution in [2.45, 2.75) is 33.2 Å². The molecule has 1 amide bonds. The van der Waals surface area contributed by atoms with Crippen LogP contribution in [-0.4, -0.2) is 16.9 Å². The lowest BCUT2D eigenvalue weighted by molar-refractivity contribution is -0.118. The monoisotopic (exact) mass is 339 g/mol. The Bertz CT molecular complexity index is 610. The van der Waals surface area contributed by atoms with E-state index in [9.17, 15) is 4.79 Å². The first-order valence-electron chi connectivity index (χ1n) is 7.12. The second kappa shape index (κ2) is 8.27. The minimum atomic E-state index is -0.513. The summed E-state index contributed by atoms with van der Waals surface area (Å²) < 4.78 is 0. The van der Waals surface area contributed by atoms with E-state index in [1.165, 1.54) is 16.9 Å².